The number of methoxy groups -OCH3 is 2. The van der Waals surface area contributed by atoms with E-state index in [1.165, 1.54) is 24.0 Å². The van der Waals surface area contributed by atoms with E-state index in [1.54, 1.807) is 14.2 Å². The molecule has 0 radical (unpaired) electrons. The number of aryl methyl sites for hydroxylation is 2. The zero-order valence-electron chi connectivity index (χ0n) is 28.0. The van der Waals surface area contributed by atoms with Crippen LogP contribution in [0.2, 0.25) is 0 Å². The highest BCUT2D eigenvalue weighted by Crippen LogP contribution is 2.29. The highest BCUT2D eigenvalue weighted by molar-refractivity contribution is 5.97. The molecule has 5 heteroatoms. The largest absolute Gasteiger partial charge is 0.493 e. The number of carbonyl (C=O) groups excluding carboxylic acids is 1. The predicted octanol–water partition coefficient (Wildman–Crippen LogP) is 8.72. The van der Waals surface area contributed by atoms with Crippen molar-refractivity contribution < 1.29 is 14.3 Å². The van der Waals surface area contributed by atoms with Crippen molar-refractivity contribution in [3.63, 3.8) is 0 Å². The third-order valence-electron chi connectivity index (χ3n) is 7.36. The zero-order valence-corrected chi connectivity index (χ0v) is 28.0. The second kappa shape index (κ2) is 17.4. The molecule has 0 aliphatic carbocycles. The lowest BCUT2D eigenvalue weighted by atomic mass is 9.83. The smallest absolute Gasteiger partial charge is 0.254 e. The third-order valence-corrected chi connectivity index (χ3v) is 7.36. The van der Waals surface area contributed by atoms with E-state index < -0.39 is 0 Å². The molecule has 0 atom stereocenters. The van der Waals surface area contributed by atoms with E-state index in [4.69, 9.17) is 9.47 Å². The SMILES string of the molecule is C.CCN(CC)C(=O)c1c(C)cc(C(C)(C)C)cc1C.COc1ccc(CCN(C)CCCC(C)(C)C)cc1OC. The average Bonchev–Trinajstić information content (AvgIpc) is 2.86. The monoisotopic (exact) mass is 570 g/mol. The van der Waals surface area contributed by atoms with Gasteiger partial charge in [0.25, 0.3) is 5.91 Å². The summed E-state index contributed by atoms with van der Waals surface area (Å²) in [7, 11) is 5.55. The van der Waals surface area contributed by atoms with E-state index in [-0.39, 0.29) is 18.7 Å². The molecule has 2 aromatic carbocycles. The van der Waals surface area contributed by atoms with Crippen LogP contribution in [0.5, 0.6) is 11.5 Å². The van der Waals surface area contributed by atoms with Crippen LogP contribution in [-0.2, 0) is 11.8 Å². The summed E-state index contributed by atoms with van der Waals surface area (Å²) in [6, 6.07) is 10.5. The van der Waals surface area contributed by atoms with Gasteiger partial charge in [-0.3, -0.25) is 4.79 Å². The van der Waals surface area contributed by atoms with E-state index >= 15 is 0 Å². The maximum Gasteiger partial charge on any atom is 0.254 e. The highest BCUT2D eigenvalue weighted by Gasteiger charge is 2.21. The zero-order chi connectivity index (χ0) is 30.7. The van der Waals surface area contributed by atoms with Crippen LogP contribution in [0.1, 0.15) is 108 Å². The Kier molecular flexibility index (Phi) is 16.4. The first-order valence-corrected chi connectivity index (χ1v) is 14.9. The van der Waals surface area contributed by atoms with Gasteiger partial charge in [-0.15, -0.1) is 0 Å². The molecular formula is C36H62N2O3. The summed E-state index contributed by atoms with van der Waals surface area (Å²) in [5, 5.41) is 0. The standard InChI is InChI=1S/C18H31NO2.C17H27NO.CH4/c1-18(2,3)11-7-12-19(4)13-10-15-8-9-16(20-5)17(14-15)21-6;1-8-18(9-2)16(19)15-12(3)10-14(11-13(15)4)17(5,6)7;/h8-9,14H,7,10-13H2,1-6H3;10-11H,8-9H2,1-7H3;1H4. The van der Waals surface area contributed by atoms with Crippen LogP contribution >= 0.6 is 0 Å². The summed E-state index contributed by atoms with van der Waals surface area (Å²) >= 11 is 0. The van der Waals surface area contributed by atoms with E-state index in [1.807, 2.05) is 38.7 Å². The molecule has 234 valence electrons. The minimum atomic E-state index is 0. The number of benzene rings is 2. The first kappa shape index (κ1) is 38.5. The van der Waals surface area contributed by atoms with Gasteiger partial charge in [-0.25, -0.2) is 0 Å². The number of rotatable bonds is 11. The van der Waals surface area contributed by atoms with Crippen LogP contribution < -0.4 is 9.47 Å². The number of hydrogen-bond acceptors (Lipinski definition) is 4. The Balaban J connectivity index is 0.000000765. The molecule has 1 amide bonds. The Morgan fingerprint density at radius 1 is 0.829 bits per heavy atom. The second-order valence-corrected chi connectivity index (χ2v) is 13.1. The summed E-state index contributed by atoms with van der Waals surface area (Å²) in [5.74, 6) is 1.76. The highest BCUT2D eigenvalue weighted by atomic mass is 16.5. The van der Waals surface area contributed by atoms with Gasteiger partial charge in [0.05, 0.1) is 14.2 Å². The van der Waals surface area contributed by atoms with Crippen LogP contribution in [0.4, 0.5) is 0 Å². The number of ether oxygens (including phenoxy) is 2. The van der Waals surface area contributed by atoms with Crippen molar-refractivity contribution in [1.29, 1.82) is 0 Å². The Labute approximate surface area is 253 Å². The Bertz CT molecular complexity index is 1040. The molecular weight excluding hydrogens is 508 g/mol. The van der Waals surface area contributed by atoms with Gasteiger partial charge in [-0.1, -0.05) is 67.2 Å². The second-order valence-electron chi connectivity index (χ2n) is 13.1. The minimum absolute atomic E-state index is 0. The maximum absolute atomic E-state index is 12.5. The lowest BCUT2D eigenvalue weighted by molar-refractivity contribution is 0.0771. The molecule has 0 aliphatic heterocycles. The van der Waals surface area contributed by atoms with Gasteiger partial charge in [0.2, 0.25) is 0 Å². The quantitative estimate of drug-likeness (QED) is 0.271. The molecule has 2 rings (SSSR count). The maximum atomic E-state index is 12.5. The average molecular weight is 571 g/mol. The number of carbonyl (C=O) groups is 1. The normalized spacial score (nSPS) is 11.4. The van der Waals surface area contributed by atoms with E-state index in [2.05, 4.69) is 77.8 Å². The van der Waals surface area contributed by atoms with E-state index in [9.17, 15) is 4.79 Å². The molecule has 0 N–H and O–H groups in total. The lowest BCUT2D eigenvalue weighted by Gasteiger charge is -2.25. The van der Waals surface area contributed by atoms with Crippen molar-refractivity contribution in [1.82, 2.24) is 9.80 Å². The van der Waals surface area contributed by atoms with Crippen molar-refractivity contribution >= 4 is 5.91 Å². The van der Waals surface area contributed by atoms with E-state index in [0.29, 0.717) is 5.41 Å². The molecule has 2 aromatic rings. The van der Waals surface area contributed by atoms with Crippen molar-refractivity contribution in [2.24, 2.45) is 5.41 Å². The summed E-state index contributed by atoms with van der Waals surface area (Å²) in [5.41, 5.74) is 6.17. The number of nitrogens with zero attached hydrogens (tertiary/aromatic N) is 2. The molecule has 0 aliphatic rings. The van der Waals surface area contributed by atoms with Gasteiger partial charge in [0.1, 0.15) is 0 Å². The van der Waals surface area contributed by atoms with Crippen LogP contribution in [0.25, 0.3) is 0 Å². The summed E-state index contributed by atoms with van der Waals surface area (Å²) in [6.45, 7) is 25.4. The van der Waals surface area contributed by atoms with Gasteiger partial charge in [0.15, 0.2) is 11.5 Å². The Hall–Kier alpha value is -2.53. The van der Waals surface area contributed by atoms with Gasteiger partial charge in [0, 0.05) is 25.2 Å². The molecule has 0 aromatic heterocycles. The molecule has 0 saturated carbocycles. The topological polar surface area (TPSA) is 42.0 Å². The van der Waals surface area contributed by atoms with Gasteiger partial charge in [-0.05, 0) is 106 Å². The molecule has 0 fully saturated rings. The van der Waals surface area contributed by atoms with Crippen molar-refractivity contribution in [3.8, 4) is 11.5 Å². The molecule has 0 unspecified atom stereocenters. The van der Waals surface area contributed by atoms with Crippen LogP contribution in [0.15, 0.2) is 30.3 Å². The summed E-state index contributed by atoms with van der Waals surface area (Å²) in [6.07, 6.45) is 3.56. The van der Waals surface area contributed by atoms with Gasteiger partial charge >= 0.3 is 0 Å². The van der Waals surface area contributed by atoms with Crippen LogP contribution in [0.3, 0.4) is 0 Å². The molecule has 0 bridgehead atoms. The molecule has 41 heavy (non-hydrogen) atoms. The number of amides is 1. The Morgan fingerprint density at radius 3 is 1.80 bits per heavy atom. The number of likely N-dealkylation sites (N-methyl/N-ethyl adjacent to an activating group) is 1. The number of hydrogen-bond donors (Lipinski definition) is 0. The fourth-order valence-corrected chi connectivity index (χ4v) is 4.75. The van der Waals surface area contributed by atoms with Gasteiger partial charge in [-0.2, -0.15) is 0 Å². The molecule has 0 heterocycles. The third kappa shape index (κ3) is 12.9. The molecule has 0 spiro atoms. The van der Waals surface area contributed by atoms with Crippen molar-refractivity contribution in [2.45, 2.75) is 101 Å². The van der Waals surface area contributed by atoms with Crippen LogP contribution in [-0.4, -0.2) is 63.2 Å². The fraction of sp³-hybridized carbons (Fsp3) is 0.639. The minimum Gasteiger partial charge on any atom is -0.493 e. The van der Waals surface area contributed by atoms with E-state index in [0.717, 1.165) is 60.8 Å². The van der Waals surface area contributed by atoms with Gasteiger partial charge < -0.3 is 19.3 Å². The molecule has 5 nitrogen and oxygen atoms in total. The summed E-state index contributed by atoms with van der Waals surface area (Å²) < 4.78 is 10.6. The Morgan fingerprint density at radius 2 is 1.37 bits per heavy atom. The fourth-order valence-electron chi connectivity index (χ4n) is 4.75. The van der Waals surface area contributed by atoms with Crippen molar-refractivity contribution in [3.05, 3.63) is 58.1 Å². The first-order chi connectivity index (χ1) is 18.6. The predicted molar refractivity (Wildman–Crippen MR) is 178 cm³/mol. The summed E-state index contributed by atoms with van der Waals surface area (Å²) in [4.78, 5) is 16.8. The van der Waals surface area contributed by atoms with Crippen molar-refractivity contribution in [2.75, 3.05) is 47.4 Å². The van der Waals surface area contributed by atoms with Crippen LogP contribution in [0, 0.1) is 19.3 Å². The first-order valence-electron chi connectivity index (χ1n) is 14.9. The lowest BCUT2D eigenvalue weighted by Crippen LogP contribution is -2.31. The molecule has 0 saturated heterocycles.